The summed E-state index contributed by atoms with van der Waals surface area (Å²) < 4.78 is 26.8. The molecule has 0 aromatic heterocycles. The van der Waals surface area contributed by atoms with Crippen molar-refractivity contribution in [3.63, 3.8) is 0 Å². The first kappa shape index (κ1) is 16.9. The third kappa shape index (κ3) is 3.14. The molecule has 2 amide bonds. The Hall–Kier alpha value is -1.98. The summed E-state index contributed by atoms with van der Waals surface area (Å²) >= 11 is 0. The molecule has 2 unspecified atom stereocenters. The molecule has 1 aliphatic heterocycles. The van der Waals surface area contributed by atoms with E-state index in [2.05, 4.69) is 26.1 Å². The molecule has 4 nitrogen and oxygen atoms in total. The first-order valence-electron chi connectivity index (χ1n) is 8.16. The minimum atomic E-state index is -0.923. The van der Waals surface area contributed by atoms with Crippen LogP contribution in [0.2, 0.25) is 0 Å². The van der Waals surface area contributed by atoms with Gasteiger partial charge < -0.3 is 10.2 Å². The molecule has 0 spiro atoms. The van der Waals surface area contributed by atoms with Crippen LogP contribution in [0.4, 0.5) is 14.5 Å². The number of carbonyl (C=O) groups excluding carboxylic acids is 2. The van der Waals surface area contributed by atoms with Gasteiger partial charge in [0.05, 0.1) is 5.69 Å². The van der Waals surface area contributed by atoms with Crippen LogP contribution >= 0.6 is 0 Å². The van der Waals surface area contributed by atoms with Crippen molar-refractivity contribution >= 4 is 17.5 Å². The quantitative estimate of drug-likeness (QED) is 0.800. The van der Waals surface area contributed by atoms with Crippen molar-refractivity contribution in [2.24, 2.45) is 10.8 Å². The maximum Gasteiger partial charge on any atom is 0.313 e. The topological polar surface area (TPSA) is 49.4 Å². The zero-order valence-corrected chi connectivity index (χ0v) is 14.2. The standard InChI is InChI=1S/C18H22F2N2O2/c1-17(2)7-12-8-18(3,9-17)10-22(12)16(24)15(23)21-14-6-11(19)4-5-13(14)20/h4-6,12H,7-10H2,1-3H3,(H,21,23). The van der Waals surface area contributed by atoms with E-state index >= 15 is 0 Å². The summed E-state index contributed by atoms with van der Waals surface area (Å²) in [7, 11) is 0. The van der Waals surface area contributed by atoms with Crippen LogP contribution in [0, 0.1) is 22.5 Å². The van der Waals surface area contributed by atoms with Gasteiger partial charge >= 0.3 is 11.8 Å². The lowest BCUT2D eigenvalue weighted by molar-refractivity contribution is -0.144. The van der Waals surface area contributed by atoms with Crippen LogP contribution < -0.4 is 5.32 Å². The van der Waals surface area contributed by atoms with Gasteiger partial charge in [0, 0.05) is 18.7 Å². The first-order chi connectivity index (χ1) is 11.1. The second-order valence-corrected chi connectivity index (χ2v) is 8.23. The molecule has 2 aliphatic rings. The van der Waals surface area contributed by atoms with Gasteiger partial charge in [-0.25, -0.2) is 8.78 Å². The van der Waals surface area contributed by atoms with Crippen LogP contribution in [0.3, 0.4) is 0 Å². The number of carbonyl (C=O) groups is 2. The third-order valence-electron chi connectivity index (χ3n) is 5.05. The number of anilines is 1. The van der Waals surface area contributed by atoms with E-state index in [0.29, 0.717) is 6.54 Å². The molecule has 1 saturated carbocycles. The predicted molar refractivity (Wildman–Crippen MR) is 86.2 cm³/mol. The summed E-state index contributed by atoms with van der Waals surface area (Å²) in [5.74, 6) is -3.05. The summed E-state index contributed by atoms with van der Waals surface area (Å²) in [5, 5.41) is 2.20. The SMILES string of the molecule is CC1(C)CC2CC(C)(CN2C(=O)C(=O)Nc2cc(F)ccc2F)C1. The fourth-order valence-corrected chi connectivity index (χ4v) is 4.60. The van der Waals surface area contributed by atoms with Gasteiger partial charge in [-0.1, -0.05) is 20.8 Å². The average molecular weight is 336 g/mol. The van der Waals surface area contributed by atoms with E-state index < -0.39 is 23.4 Å². The summed E-state index contributed by atoms with van der Waals surface area (Å²) in [5.41, 5.74) is -0.188. The molecular formula is C18H22F2N2O2. The third-order valence-corrected chi connectivity index (χ3v) is 5.05. The fraction of sp³-hybridized carbons (Fsp3) is 0.556. The van der Waals surface area contributed by atoms with Crippen molar-refractivity contribution in [1.82, 2.24) is 4.90 Å². The van der Waals surface area contributed by atoms with E-state index in [1.165, 1.54) is 0 Å². The highest BCUT2D eigenvalue weighted by Crippen LogP contribution is 2.52. The largest absolute Gasteiger partial charge is 0.331 e. The van der Waals surface area contributed by atoms with Crippen LogP contribution in [0.5, 0.6) is 0 Å². The highest BCUT2D eigenvalue weighted by atomic mass is 19.1. The Morgan fingerprint density at radius 3 is 2.62 bits per heavy atom. The van der Waals surface area contributed by atoms with Crippen LogP contribution in [0.1, 0.15) is 40.0 Å². The molecule has 2 bridgehead atoms. The zero-order valence-electron chi connectivity index (χ0n) is 14.2. The molecule has 1 aromatic rings. The number of benzene rings is 1. The highest BCUT2D eigenvalue weighted by molar-refractivity contribution is 6.39. The molecule has 3 rings (SSSR count). The lowest BCUT2D eigenvalue weighted by Gasteiger charge is -2.39. The maximum absolute atomic E-state index is 13.6. The highest BCUT2D eigenvalue weighted by Gasteiger charge is 2.51. The Morgan fingerprint density at radius 2 is 1.92 bits per heavy atom. The van der Waals surface area contributed by atoms with Crippen LogP contribution in [0.15, 0.2) is 18.2 Å². The number of fused-ring (bicyclic) bond motifs is 2. The summed E-state index contributed by atoms with van der Waals surface area (Å²) in [6.07, 6.45) is 2.72. The molecular weight excluding hydrogens is 314 g/mol. The summed E-state index contributed by atoms with van der Waals surface area (Å²) in [4.78, 5) is 26.4. The molecule has 24 heavy (non-hydrogen) atoms. The van der Waals surface area contributed by atoms with Gasteiger partial charge in [0.15, 0.2) is 0 Å². The molecule has 130 valence electrons. The van der Waals surface area contributed by atoms with E-state index in [4.69, 9.17) is 0 Å². The second-order valence-electron chi connectivity index (χ2n) is 8.23. The second kappa shape index (κ2) is 5.53. The number of likely N-dealkylation sites (tertiary alicyclic amines) is 1. The Morgan fingerprint density at radius 1 is 1.21 bits per heavy atom. The molecule has 1 N–H and O–H groups in total. The van der Waals surface area contributed by atoms with Crippen molar-refractivity contribution in [3.8, 4) is 0 Å². The number of hydrogen-bond donors (Lipinski definition) is 1. The Balaban J connectivity index is 1.75. The van der Waals surface area contributed by atoms with Gasteiger partial charge in [-0.2, -0.15) is 0 Å². The minimum absolute atomic E-state index is 0.00641. The van der Waals surface area contributed by atoms with Gasteiger partial charge in [0.1, 0.15) is 11.6 Å². The molecule has 1 saturated heterocycles. The zero-order chi connectivity index (χ0) is 17.7. The molecule has 1 heterocycles. The number of halogens is 2. The van der Waals surface area contributed by atoms with E-state index in [1.807, 2.05) is 0 Å². The van der Waals surface area contributed by atoms with Gasteiger partial charge in [0.2, 0.25) is 0 Å². The van der Waals surface area contributed by atoms with Crippen molar-refractivity contribution in [2.75, 3.05) is 11.9 Å². The van der Waals surface area contributed by atoms with Crippen LogP contribution in [-0.2, 0) is 9.59 Å². The Bertz CT molecular complexity index is 704. The monoisotopic (exact) mass is 336 g/mol. The maximum atomic E-state index is 13.6. The molecule has 6 heteroatoms. The number of nitrogens with zero attached hydrogens (tertiary/aromatic N) is 1. The molecule has 0 radical (unpaired) electrons. The van der Waals surface area contributed by atoms with Crippen molar-refractivity contribution in [3.05, 3.63) is 29.8 Å². The summed E-state index contributed by atoms with van der Waals surface area (Å²) in [6, 6.07) is 2.77. The van der Waals surface area contributed by atoms with Gasteiger partial charge in [-0.05, 0) is 42.2 Å². The van der Waals surface area contributed by atoms with Gasteiger partial charge in [-0.3, -0.25) is 9.59 Å². The normalized spacial score (nSPS) is 27.9. The smallest absolute Gasteiger partial charge is 0.313 e. The number of hydrogen-bond acceptors (Lipinski definition) is 2. The molecule has 1 aliphatic carbocycles. The fourth-order valence-electron chi connectivity index (χ4n) is 4.60. The molecule has 1 aromatic carbocycles. The minimum Gasteiger partial charge on any atom is -0.331 e. The Kier molecular flexibility index (Phi) is 3.89. The number of nitrogens with one attached hydrogen (secondary N) is 1. The predicted octanol–water partition coefficient (Wildman–Crippen LogP) is 3.33. The van der Waals surface area contributed by atoms with E-state index in [-0.39, 0.29) is 22.6 Å². The lowest BCUT2D eigenvalue weighted by atomic mass is 9.65. The van der Waals surface area contributed by atoms with E-state index in [0.717, 1.165) is 37.5 Å². The molecule has 2 fully saturated rings. The molecule has 2 atom stereocenters. The van der Waals surface area contributed by atoms with Gasteiger partial charge in [-0.15, -0.1) is 0 Å². The van der Waals surface area contributed by atoms with Gasteiger partial charge in [0.25, 0.3) is 0 Å². The van der Waals surface area contributed by atoms with E-state index in [9.17, 15) is 18.4 Å². The Labute approximate surface area is 140 Å². The van der Waals surface area contributed by atoms with Crippen molar-refractivity contribution < 1.29 is 18.4 Å². The van der Waals surface area contributed by atoms with Crippen molar-refractivity contribution in [2.45, 2.75) is 46.1 Å². The summed E-state index contributed by atoms with van der Waals surface area (Å²) in [6.45, 7) is 7.01. The lowest BCUT2D eigenvalue weighted by Crippen LogP contribution is -2.43. The average Bonchev–Trinajstić information content (AvgIpc) is 2.71. The number of amides is 2. The van der Waals surface area contributed by atoms with E-state index in [1.54, 1.807) is 4.90 Å². The van der Waals surface area contributed by atoms with Crippen LogP contribution in [0.25, 0.3) is 0 Å². The first-order valence-corrected chi connectivity index (χ1v) is 8.16. The number of rotatable bonds is 1. The van der Waals surface area contributed by atoms with Crippen molar-refractivity contribution in [1.29, 1.82) is 0 Å². The van der Waals surface area contributed by atoms with Crippen LogP contribution in [-0.4, -0.2) is 29.3 Å².